The molecular weight excluding hydrogens is 230 g/mol. The van der Waals surface area contributed by atoms with Gasteiger partial charge in [0.2, 0.25) is 5.90 Å². The number of esters is 1. The van der Waals surface area contributed by atoms with Crippen LogP contribution in [0.25, 0.3) is 5.57 Å². The van der Waals surface area contributed by atoms with Gasteiger partial charge in [-0.05, 0) is 6.07 Å². The lowest BCUT2D eigenvalue weighted by Gasteiger charge is -2.03. The summed E-state index contributed by atoms with van der Waals surface area (Å²) in [7, 11) is 0. The maximum atomic E-state index is 11.0. The quantitative estimate of drug-likeness (QED) is 0.510. The van der Waals surface area contributed by atoms with E-state index in [2.05, 4.69) is 4.99 Å². The first-order valence-corrected chi connectivity index (χ1v) is 5.08. The van der Waals surface area contributed by atoms with Gasteiger partial charge in [-0.3, -0.25) is 4.79 Å². The van der Waals surface area contributed by atoms with Gasteiger partial charge in [0.15, 0.2) is 0 Å². The van der Waals surface area contributed by atoms with Gasteiger partial charge in [-0.1, -0.05) is 18.2 Å². The van der Waals surface area contributed by atoms with Crippen molar-refractivity contribution in [1.29, 1.82) is 10.5 Å². The third-order valence-corrected chi connectivity index (χ3v) is 2.32. The molecule has 0 aromatic heterocycles. The first kappa shape index (κ1) is 11.6. The van der Waals surface area contributed by atoms with Gasteiger partial charge < -0.3 is 4.74 Å². The van der Waals surface area contributed by atoms with E-state index in [1.807, 2.05) is 0 Å². The molecule has 0 bridgehead atoms. The molecule has 0 saturated carbocycles. The Morgan fingerprint density at radius 2 is 1.94 bits per heavy atom. The van der Waals surface area contributed by atoms with Crippen molar-refractivity contribution < 1.29 is 9.53 Å². The van der Waals surface area contributed by atoms with Crippen molar-refractivity contribution in [2.45, 2.75) is 6.92 Å². The van der Waals surface area contributed by atoms with Crippen LogP contribution in [0.5, 0.6) is 0 Å². The van der Waals surface area contributed by atoms with Gasteiger partial charge in [-0.15, -0.1) is 0 Å². The zero-order valence-electron chi connectivity index (χ0n) is 9.47. The molecule has 0 amide bonds. The molecule has 0 radical (unpaired) electrons. The molecule has 0 aliphatic carbocycles. The van der Waals surface area contributed by atoms with Crippen molar-refractivity contribution in [3.8, 4) is 12.1 Å². The number of carbonyl (C=O) groups excluding carboxylic acids is 1. The van der Waals surface area contributed by atoms with Crippen LogP contribution in [0, 0.1) is 22.7 Å². The topological polar surface area (TPSA) is 86.2 Å². The molecule has 0 unspecified atom stereocenters. The highest BCUT2D eigenvalue weighted by Gasteiger charge is 2.27. The van der Waals surface area contributed by atoms with Gasteiger partial charge in [0.25, 0.3) is 0 Å². The predicted molar refractivity (Wildman–Crippen MR) is 63.4 cm³/mol. The Morgan fingerprint density at radius 1 is 1.28 bits per heavy atom. The van der Waals surface area contributed by atoms with Gasteiger partial charge in [0.05, 0.1) is 11.3 Å². The van der Waals surface area contributed by atoms with Crippen molar-refractivity contribution in [3.63, 3.8) is 0 Å². The van der Waals surface area contributed by atoms with E-state index in [-0.39, 0.29) is 17.0 Å². The molecule has 0 N–H and O–H groups in total. The minimum Gasteiger partial charge on any atom is -0.407 e. The molecule has 1 aliphatic rings. The van der Waals surface area contributed by atoms with E-state index in [0.29, 0.717) is 11.3 Å². The predicted octanol–water partition coefficient (Wildman–Crippen LogP) is 2.09. The lowest BCUT2D eigenvalue weighted by Crippen LogP contribution is -2.09. The Morgan fingerprint density at radius 3 is 2.56 bits per heavy atom. The third kappa shape index (κ3) is 1.85. The van der Waals surface area contributed by atoms with Crippen LogP contribution in [0.1, 0.15) is 12.5 Å². The van der Waals surface area contributed by atoms with Crippen molar-refractivity contribution >= 4 is 23.1 Å². The average molecular weight is 237 g/mol. The van der Waals surface area contributed by atoms with Crippen LogP contribution in [-0.4, -0.2) is 11.9 Å². The minimum atomic E-state index is -0.547. The van der Waals surface area contributed by atoms with Crippen LogP contribution in [0.15, 0.2) is 34.8 Å². The number of allylic oxidation sites excluding steroid dienone is 1. The summed E-state index contributed by atoms with van der Waals surface area (Å²) in [5.74, 6) is -0.545. The number of nitrogens with zero attached hydrogens (tertiary/aromatic N) is 3. The Balaban J connectivity index is 2.65. The molecule has 0 atom stereocenters. The number of hydrogen-bond acceptors (Lipinski definition) is 5. The van der Waals surface area contributed by atoms with Crippen LogP contribution < -0.4 is 0 Å². The second kappa shape index (κ2) is 4.52. The van der Waals surface area contributed by atoms with Crippen molar-refractivity contribution in [2.75, 3.05) is 0 Å². The maximum absolute atomic E-state index is 11.0. The van der Waals surface area contributed by atoms with E-state index in [4.69, 9.17) is 15.3 Å². The fourth-order valence-corrected chi connectivity index (χ4v) is 1.65. The number of ether oxygens (including phenoxy) is 1. The summed E-state index contributed by atoms with van der Waals surface area (Å²) in [6.45, 7) is 1.24. The highest BCUT2D eigenvalue weighted by Crippen LogP contribution is 2.36. The number of carbonyl (C=O) groups is 1. The molecule has 0 fully saturated rings. The molecule has 18 heavy (non-hydrogen) atoms. The smallest absolute Gasteiger partial charge is 0.309 e. The average Bonchev–Trinajstić information content (AvgIpc) is 2.69. The Labute approximate surface area is 103 Å². The Kier molecular flexibility index (Phi) is 2.90. The summed E-state index contributed by atoms with van der Waals surface area (Å²) in [4.78, 5) is 15.1. The molecule has 5 heteroatoms. The van der Waals surface area contributed by atoms with Crippen LogP contribution in [0.3, 0.4) is 0 Å². The summed E-state index contributed by atoms with van der Waals surface area (Å²) >= 11 is 0. The second-order valence-corrected chi connectivity index (χ2v) is 3.50. The van der Waals surface area contributed by atoms with Crippen molar-refractivity contribution in [2.24, 2.45) is 4.99 Å². The number of aliphatic imine (C=N–C) groups is 1. The molecule has 1 aromatic rings. The summed E-state index contributed by atoms with van der Waals surface area (Å²) < 4.78 is 4.94. The van der Waals surface area contributed by atoms with E-state index in [9.17, 15) is 4.79 Å². The minimum absolute atomic E-state index is 0.00167. The maximum Gasteiger partial charge on any atom is 0.309 e. The number of para-hydroxylation sites is 1. The molecule has 1 aromatic carbocycles. The van der Waals surface area contributed by atoms with Crippen LogP contribution in [0.4, 0.5) is 5.69 Å². The zero-order chi connectivity index (χ0) is 13.1. The van der Waals surface area contributed by atoms with E-state index in [0.717, 1.165) is 0 Å². The van der Waals surface area contributed by atoms with E-state index >= 15 is 0 Å². The standard InChI is InChI=1S/C13H7N3O2/c1-8(17)18-13-12(9(6-14)7-15)10-4-2-3-5-11(10)16-13/h2-5H,1H3. The molecule has 86 valence electrons. The van der Waals surface area contributed by atoms with E-state index in [1.54, 1.807) is 36.4 Å². The molecule has 1 heterocycles. The summed E-state index contributed by atoms with van der Waals surface area (Å²) in [6, 6.07) is 10.5. The molecule has 1 aliphatic heterocycles. The number of benzene rings is 1. The Bertz CT molecular complexity index is 656. The fourth-order valence-electron chi connectivity index (χ4n) is 1.65. The van der Waals surface area contributed by atoms with Crippen LogP contribution in [0.2, 0.25) is 0 Å². The summed E-state index contributed by atoms with van der Waals surface area (Å²) in [5.41, 5.74) is 1.34. The first-order valence-electron chi connectivity index (χ1n) is 5.08. The monoisotopic (exact) mass is 237 g/mol. The van der Waals surface area contributed by atoms with Gasteiger partial charge in [-0.25, -0.2) is 4.99 Å². The van der Waals surface area contributed by atoms with Gasteiger partial charge in [-0.2, -0.15) is 10.5 Å². The molecular formula is C13H7N3O2. The van der Waals surface area contributed by atoms with Gasteiger partial charge >= 0.3 is 5.97 Å². The highest BCUT2D eigenvalue weighted by molar-refractivity contribution is 6.28. The van der Waals surface area contributed by atoms with Crippen LogP contribution >= 0.6 is 0 Å². The lowest BCUT2D eigenvalue weighted by atomic mass is 10.0. The molecule has 0 saturated heterocycles. The number of rotatable bonds is 0. The van der Waals surface area contributed by atoms with Crippen molar-refractivity contribution in [1.82, 2.24) is 0 Å². The second-order valence-electron chi connectivity index (χ2n) is 3.50. The highest BCUT2D eigenvalue weighted by atomic mass is 16.5. The largest absolute Gasteiger partial charge is 0.407 e. The lowest BCUT2D eigenvalue weighted by molar-refractivity contribution is -0.132. The van der Waals surface area contributed by atoms with Crippen LogP contribution in [-0.2, 0) is 9.53 Å². The van der Waals surface area contributed by atoms with Gasteiger partial charge in [0.1, 0.15) is 17.7 Å². The molecule has 2 rings (SSSR count). The first-order chi connectivity index (χ1) is 8.67. The Hall–Kier alpha value is -2.92. The number of nitriles is 2. The SMILES string of the molecule is CC(=O)OC1=Nc2ccccc2C1=C(C#N)C#N. The third-order valence-electron chi connectivity index (χ3n) is 2.32. The van der Waals surface area contributed by atoms with Gasteiger partial charge in [0, 0.05) is 12.5 Å². The molecule has 0 spiro atoms. The number of hydrogen-bond donors (Lipinski definition) is 0. The van der Waals surface area contributed by atoms with E-state index in [1.165, 1.54) is 6.92 Å². The number of fused-ring (bicyclic) bond motifs is 1. The fraction of sp³-hybridized carbons (Fsp3) is 0.0769. The van der Waals surface area contributed by atoms with Crippen molar-refractivity contribution in [3.05, 3.63) is 35.4 Å². The summed E-state index contributed by atoms with van der Waals surface area (Å²) in [6.07, 6.45) is 0. The molecule has 5 nitrogen and oxygen atoms in total. The van der Waals surface area contributed by atoms with E-state index < -0.39 is 5.97 Å². The zero-order valence-corrected chi connectivity index (χ0v) is 9.47. The summed E-state index contributed by atoms with van der Waals surface area (Å²) in [5, 5.41) is 17.9. The normalized spacial score (nSPS) is 11.9.